The first-order chi connectivity index (χ1) is 9.56. The number of ether oxygens (including phenoxy) is 2. The molecule has 0 aromatic heterocycles. The SMILES string of the molecule is CCOC(=O)[C@@H]1C[C@H]2C[C@@H](N)CC[C@H]2CN1C(=O)OC. The Morgan fingerprint density at radius 1 is 1.25 bits per heavy atom. The van der Waals surface area contributed by atoms with Crippen molar-refractivity contribution in [3.05, 3.63) is 0 Å². The van der Waals surface area contributed by atoms with Gasteiger partial charge in [-0.15, -0.1) is 0 Å². The Labute approximate surface area is 119 Å². The highest BCUT2D eigenvalue weighted by molar-refractivity contribution is 5.81. The van der Waals surface area contributed by atoms with Gasteiger partial charge in [-0.25, -0.2) is 9.59 Å². The van der Waals surface area contributed by atoms with E-state index in [1.807, 2.05) is 0 Å². The summed E-state index contributed by atoms with van der Waals surface area (Å²) in [6.45, 7) is 2.65. The Bertz CT molecular complexity index is 374. The van der Waals surface area contributed by atoms with Crippen molar-refractivity contribution >= 4 is 12.1 Å². The van der Waals surface area contributed by atoms with Crippen molar-refractivity contribution in [3.8, 4) is 0 Å². The average Bonchev–Trinajstić information content (AvgIpc) is 2.45. The molecule has 20 heavy (non-hydrogen) atoms. The Kier molecular flexibility index (Phi) is 4.86. The van der Waals surface area contributed by atoms with E-state index in [-0.39, 0.29) is 12.0 Å². The van der Waals surface area contributed by atoms with Crippen LogP contribution in [0.25, 0.3) is 0 Å². The number of hydrogen-bond acceptors (Lipinski definition) is 5. The third-order valence-corrected chi connectivity index (χ3v) is 4.48. The monoisotopic (exact) mass is 284 g/mol. The molecule has 1 aliphatic carbocycles. The number of amides is 1. The van der Waals surface area contributed by atoms with Crippen molar-refractivity contribution < 1.29 is 19.1 Å². The molecule has 0 aromatic carbocycles. The summed E-state index contributed by atoms with van der Waals surface area (Å²) in [5.41, 5.74) is 6.02. The number of carbonyl (C=O) groups is 2. The first-order valence-electron chi connectivity index (χ1n) is 7.33. The number of nitrogens with zero attached hydrogens (tertiary/aromatic N) is 1. The van der Waals surface area contributed by atoms with E-state index < -0.39 is 12.1 Å². The van der Waals surface area contributed by atoms with E-state index in [0.717, 1.165) is 19.3 Å². The number of rotatable bonds is 2. The first kappa shape index (κ1) is 15.1. The zero-order valence-corrected chi connectivity index (χ0v) is 12.2. The van der Waals surface area contributed by atoms with Crippen molar-refractivity contribution in [2.24, 2.45) is 17.6 Å². The van der Waals surface area contributed by atoms with Gasteiger partial charge < -0.3 is 15.2 Å². The molecule has 114 valence electrons. The standard InChI is InChI=1S/C14H24N2O4/c1-3-20-13(17)12-7-10-6-11(15)5-4-9(10)8-16(12)14(18)19-2/h9-12H,3-8,15H2,1-2H3/t9-,10+,11-,12-/m0/s1. The van der Waals surface area contributed by atoms with E-state index in [0.29, 0.717) is 31.4 Å². The molecule has 1 amide bonds. The molecule has 1 aliphatic heterocycles. The Balaban J connectivity index is 2.13. The Morgan fingerprint density at radius 3 is 2.65 bits per heavy atom. The van der Waals surface area contributed by atoms with Gasteiger partial charge in [0.15, 0.2) is 0 Å². The van der Waals surface area contributed by atoms with E-state index in [2.05, 4.69) is 0 Å². The minimum Gasteiger partial charge on any atom is -0.464 e. The maximum absolute atomic E-state index is 12.1. The van der Waals surface area contributed by atoms with Crippen molar-refractivity contribution in [3.63, 3.8) is 0 Å². The van der Waals surface area contributed by atoms with E-state index >= 15 is 0 Å². The lowest BCUT2D eigenvalue weighted by atomic mass is 9.71. The third-order valence-electron chi connectivity index (χ3n) is 4.48. The molecule has 2 fully saturated rings. The maximum Gasteiger partial charge on any atom is 0.410 e. The molecule has 2 aliphatic rings. The molecule has 1 heterocycles. The van der Waals surface area contributed by atoms with Gasteiger partial charge in [-0.1, -0.05) is 0 Å². The normalized spacial score (nSPS) is 33.2. The van der Waals surface area contributed by atoms with Crippen LogP contribution in [0, 0.1) is 11.8 Å². The molecule has 1 saturated heterocycles. The van der Waals surface area contributed by atoms with Gasteiger partial charge in [-0.3, -0.25) is 4.90 Å². The van der Waals surface area contributed by atoms with Crippen LogP contribution in [0.4, 0.5) is 4.79 Å². The van der Waals surface area contributed by atoms with Crippen LogP contribution in [0.5, 0.6) is 0 Å². The fourth-order valence-corrected chi connectivity index (χ4v) is 3.47. The summed E-state index contributed by atoms with van der Waals surface area (Å²) >= 11 is 0. The maximum atomic E-state index is 12.1. The van der Waals surface area contributed by atoms with Crippen LogP contribution >= 0.6 is 0 Å². The van der Waals surface area contributed by atoms with E-state index in [1.54, 1.807) is 6.92 Å². The number of piperidine rings is 1. The van der Waals surface area contributed by atoms with Gasteiger partial charge >= 0.3 is 12.1 Å². The average molecular weight is 284 g/mol. The minimum atomic E-state index is -0.533. The molecule has 0 radical (unpaired) electrons. The van der Waals surface area contributed by atoms with Gasteiger partial charge in [0.2, 0.25) is 0 Å². The van der Waals surface area contributed by atoms with Crippen LogP contribution in [0.3, 0.4) is 0 Å². The number of carbonyl (C=O) groups excluding carboxylic acids is 2. The van der Waals surface area contributed by atoms with Crippen molar-refractivity contribution in [2.75, 3.05) is 20.3 Å². The second-order valence-corrected chi connectivity index (χ2v) is 5.72. The Morgan fingerprint density at radius 2 is 2.00 bits per heavy atom. The number of methoxy groups -OCH3 is 1. The summed E-state index contributed by atoms with van der Waals surface area (Å²) in [5.74, 6) is 0.476. The van der Waals surface area contributed by atoms with Crippen molar-refractivity contribution in [2.45, 2.75) is 44.7 Å². The van der Waals surface area contributed by atoms with E-state index in [4.69, 9.17) is 15.2 Å². The van der Waals surface area contributed by atoms with Gasteiger partial charge in [0.25, 0.3) is 0 Å². The fourth-order valence-electron chi connectivity index (χ4n) is 3.47. The Hall–Kier alpha value is -1.30. The quantitative estimate of drug-likeness (QED) is 0.769. The minimum absolute atomic E-state index is 0.212. The molecule has 2 rings (SSSR count). The molecule has 0 aromatic rings. The van der Waals surface area contributed by atoms with Crippen molar-refractivity contribution in [1.29, 1.82) is 0 Å². The first-order valence-corrected chi connectivity index (χ1v) is 7.33. The van der Waals surface area contributed by atoms with E-state index in [9.17, 15) is 9.59 Å². The molecule has 6 nitrogen and oxygen atoms in total. The number of hydrogen-bond donors (Lipinski definition) is 1. The highest BCUT2D eigenvalue weighted by Gasteiger charge is 2.44. The zero-order chi connectivity index (χ0) is 14.7. The topological polar surface area (TPSA) is 81.9 Å². The largest absolute Gasteiger partial charge is 0.464 e. The van der Waals surface area contributed by atoms with Crippen LogP contribution in [0.15, 0.2) is 0 Å². The molecular formula is C14H24N2O4. The lowest BCUT2D eigenvalue weighted by molar-refractivity contribution is -0.152. The number of esters is 1. The molecule has 4 atom stereocenters. The number of fused-ring (bicyclic) bond motifs is 1. The lowest BCUT2D eigenvalue weighted by Gasteiger charge is -2.45. The van der Waals surface area contributed by atoms with Crippen LogP contribution < -0.4 is 5.73 Å². The van der Waals surface area contributed by atoms with E-state index in [1.165, 1.54) is 12.0 Å². The summed E-state index contributed by atoms with van der Waals surface area (Å²) in [4.78, 5) is 25.5. The van der Waals surface area contributed by atoms with Crippen LogP contribution in [-0.2, 0) is 14.3 Å². The van der Waals surface area contributed by atoms with Crippen LogP contribution in [-0.4, -0.2) is 49.3 Å². The predicted molar refractivity (Wildman–Crippen MR) is 73.0 cm³/mol. The fraction of sp³-hybridized carbons (Fsp3) is 0.857. The third kappa shape index (κ3) is 3.06. The molecule has 0 bridgehead atoms. The summed E-state index contributed by atoms with van der Waals surface area (Å²) in [6, 6.07) is -0.322. The van der Waals surface area contributed by atoms with Gasteiger partial charge in [0.05, 0.1) is 13.7 Å². The highest BCUT2D eigenvalue weighted by atomic mass is 16.6. The second-order valence-electron chi connectivity index (χ2n) is 5.72. The molecule has 0 spiro atoms. The predicted octanol–water partition coefficient (Wildman–Crippen LogP) is 1.13. The van der Waals surface area contributed by atoms with Crippen LogP contribution in [0.2, 0.25) is 0 Å². The van der Waals surface area contributed by atoms with Crippen molar-refractivity contribution in [1.82, 2.24) is 4.90 Å². The summed E-state index contributed by atoms with van der Waals surface area (Å²) < 4.78 is 9.90. The zero-order valence-electron chi connectivity index (χ0n) is 12.2. The van der Waals surface area contributed by atoms with Crippen LogP contribution in [0.1, 0.15) is 32.6 Å². The smallest absolute Gasteiger partial charge is 0.410 e. The molecule has 0 unspecified atom stereocenters. The second kappa shape index (κ2) is 6.43. The summed E-state index contributed by atoms with van der Waals surface area (Å²) in [6.07, 6.45) is 3.10. The van der Waals surface area contributed by atoms with Gasteiger partial charge in [-0.05, 0) is 44.4 Å². The van der Waals surface area contributed by atoms with Gasteiger partial charge in [0.1, 0.15) is 6.04 Å². The molecule has 6 heteroatoms. The molecule has 2 N–H and O–H groups in total. The van der Waals surface area contributed by atoms with Gasteiger partial charge in [0, 0.05) is 12.6 Å². The number of nitrogens with two attached hydrogens (primary N) is 1. The summed E-state index contributed by atoms with van der Waals surface area (Å²) in [7, 11) is 1.34. The number of likely N-dealkylation sites (tertiary alicyclic amines) is 1. The molecule has 1 saturated carbocycles. The lowest BCUT2D eigenvalue weighted by Crippen LogP contribution is -2.55. The summed E-state index contributed by atoms with van der Waals surface area (Å²) in [5, 5.41) is 0. The highest BCUT2D eigenvalue weighted by Crippen LogP contribution is 2.38. The molecular weight excluding hydrogens is 260 g/mol. The van der Waals surface area contributed by atoms with Gasteiger partial charge in [-0.2, -0.15) is 0 Å².